The first-order chi connectivity index (χ1) is 4.88. The molecule has 1 fully saturated rings. The average Bonchev–Trinajstić information content (AvgIpc) is 2.43. The van der Waals surface area contributed by atoms with Crippen molar-refractivity contribution < 1.29 is 0 Å². The van der Waals surface area contributed by atoms with Gasteiger partial charge in [0.2, 0.25) is 0 Å². The van der Waals surface area contributed by atoms with Crippen LogP contribution in [0.2, 0.25) is 0 Å². The van der Waals surface area contributed by atoms with Crippen molar-refractivity contribution in [3.8, 4) is 0 Å². The molecule has 0 aromatic rings. The van der Waals surface area contributed by atoms with Gasteiger partial charge in [-0.2, -0.15) is 0 Å². The third-order valence-corrected chi connectivity index (χ3v) is 2.89. The molecule has 2 N–H and O–H groups in total. The van der Waals surface area contributed by atoms with E-state index in [2.05, 4.69) is 6.92 Å². The van der Waals surface area contributed by atoms with Crippen molar-refractivity contribution >= 4 is 0 Å². The van der Waals surface area contributed by atoms with Crippen molar-refractivity contribution in [3.63, 3.8) is 0 Å². The largest absolute Gasteiger partial charge is 0.330 e. The van der Waals surface area contributed by atoms with Crippen molar-refractivity contribution in [2.45, 2.75) is 39.0 Å². The van der Waals surface area contributed by atoms with Gasteiger partial charge in [-0.25, -0.2) is 0 Å². The van der Waals surface area contributed by atoms with Crippen LogP contribution in [-0.2, 0) is 0 Å². The zero-order chi connectivity index (χ0) is 7.40. The molecule has 0 amide bonds. The molecule has 0 aromatic heterocycles. The summed E-state index contributed by atoms with van der Waals surface area (Å²) < 4.78 is 0. The summed E-state index contributed by atoms with van der Waals surface area (Å²) in [5.41, 5.74) is 5.66. The maximum Gasteiger partial charge on any atom is -0.00463 e. The lowest BCUT2D eigenvalue weighted by molar-refractivity contribution is 0.337. The van der Waals surface area contributed by atoms with Crippen LogP contribution in [-0.4, -0.2) is 6.54 Å². The molecule has 1 saturated carbocycles. The van der Waals surface area contributed by atoms with E-state index in [1.54, 1.807) is 0 Å². The molecular weight excluding hydrogens is 122 g/mol. The molecule has 0 radical (unpaired) electrons. The molecule has 10 heavy (non-hydrogen) atoms. The van der Waals surface area contributed by atoms with Crippen LogP contribution in [0.25, 0.3) is 0 Å². The minimum atomic E-state index is 0.822. The van der Waals surface area contributed by atoms with Crippen LogP contribution in [0.1, 0.15) is 39.0 Å². The molecule has 1 aliphatic rings. The summed E-state index contributed by atoms with van der Waals surface area (Å²) in [6.45, 7) is 3.16. The Balaban J connectivity index is 2.29. The molecule has 0 aromatic carbocycles. The lowest BCUT2D eigenvalue weighted by Crippen LogP contribution is -2.20. The van der Waals surface area contributed by atoms with Gasteiger partial charge in [-0.15, -0.1) is 0 Å². The highest BCUT2D eigenvalue weighted by Gasteiger charge is 2.21. The Kier molecular flexibility index (Phi) is 3.20. The maximum absolute atomic E-state index is 5.66. The quantitative estimate of drug-likeness (QED) is 0.640. The lowest BCUT2D eigenvalue weighted by atomic mass is 9.89. The molecule has 1 nitrogen and oxygen atoms in total. The van der Waals surface area contributed by atoms with Gasteiger partial charge >= 0.3 is 0 Å². The van der Waals surface area contributed by atoms with Crippen molar-refractivity contribution in [1.29, 1.82) is 0 Å². The molecule has 0 heterocycles. The predicted octanol–water partition coefficient (Wildman–Crippen LogP) is 2.16. The fourth-order valence-corrected chi connectivity index (χ4v) is 2.12. The lowest BCUT2D eigenvalue weighted by Gasteiger charge is -2.19. The molecule has 1 aliphatic carbocycles. The Bertz CT molecular complexity index is 80.7. The average molecular weight is 141 g/mol. The number of nitrogens with two attached hydrogens (primary N) is 1. The number of hydrogen-bond donors (Lipinski definition) is 1. The summed E-state index contributed by atoms with van der Waals surface area (Å²) in [4.78, 5) is 0. The fraction of sp³-hybridized carbons (Fsp3) is 1.00. The van der Waals surface area contributed by atoms with Crippen LogP contribution in [0.3, 0.4) is 0 Å². The van der Waals surface area contributed by atoms with E-state index in [0.29, 0.717) is 0 Å². The first-order valence-electron chi connectivity index (χ1n) is 4.58. The maximum atomic E-state index is 5.66. The standard InChI is InChI=1S/C9H19N/c1-2-8(7-10)9-5-3-4-6-9/h8-9H,2-7,10H2,1H3. The predicted molar refractivity (Wildman–Crippen MR) is 44.8 cm³/mol. The monoisotopic (exact) mass is 141 g/mol. The van der Waals surface area contributed by atoms with Crippen LogP contribution in [0.4, 0.5) is 0 Å². The Morgan fingerprint density at radius 1 is 1.40 bits per heavy atom. The molecule has 0 bridgehead atoms. The van der Waals surface area contributed by atoms with Crippen LogP contribution in [0.5, 0.6) is 0 Å². The Labute approximate surface area is 64.0 Å². The first kappa shape index (κ1) is 8.06. The summed E-state index contributed by atoms with van der Waals surface area (Å²) in [6.07, 6.45) is 7.05. The van der Waals surface area contributed by atoms with Crippen LogP contribution in [0, 0.1) is 11.8 Å². The van der Waals surface area contributed by atoms with Gasteiger partial charge in [-0.3, -0.25) is 0 Å². The van der Waals surface area contributed by atoms with E-state index in [-0.39, 0.29) is 0 Å². The van der Waals surface area contributed by atoms with Gasteiger partial charge in [0.1, 0.15) is 0 Å². The van der Waals surface area contributed by atoms with Crippen LogP contribution in [0.15, 0.2) is 0 Å². The Morgan fingerprint density at radius 3 is 2.40 bits per heavy atom. The smallest absolute Gasteiger partial charge is 0.00463 e. The minimum Gasteiger partial charge on any atom is -0.330 e. The van der Waals surface area contributed by atoms with Gasteiger partial charge in [-0.1, -0.05) is 39.0 Å². The summed E-state index contributed by atoms with van der Waals surface area (Å²) in [6, 6.07) is 0. The van der Waals surface area contributed by atoms with Gasteiger partial charge in [0.25, 0.3) is 0 Å². The molecule has 0 spiro atoms. The fourth-order valence-electron chi connectivity index (χ4n) is 2.12. The number of rotatable bonds is 3. The second-order valence-electron chi connectivity index (χ2n) is 3.45. The minimum absolute atomic E-state index is 0.822. The number of hydrogen-bond acceptors (Lipinski definition) is 1. The van der Waals surface area contributed by atoms with Crippen molar-refractivity contribution in [1.82, 2.24) is 0 Å². The Hall–Kier alpha value is -0.0400. The van der Waals surface area contributed by atoms with E-state index in [4.69, 9.17) is 5.73 Å². The highest BCUT2D eigenvalue weighted by molar-refractivity contribution is 4.74. The first-order valence-corrected chi connectivity index (χ1v) is 4.58. The molecule has 0 saturated heterocycles. The van der Waals surface area contributed by atoms with Crippen molar-refractivity contribution in [2.24, 2.45) is 17.6 Å². The van der Waals surface area contributed by atoms with E-state index in [1.807, 2.05) is 0 Å². The molecule has 1 rings (SSSR count). The molecule has 1 atom stereocenters. The molecule has 60 valence electrons. The molecule has 1 unspecified atom stereocenters. The highest BCUT2D eigenvalue weighted by atomic mass is 14.6. The van der Waals surface area contributed by atoms with Gasteiger partial charge in [0, 0.05) is 0 Å². The van der Waals surface area contributed by atoms with Crippen molar-refractivity contribution in [3.05, 3.63) is 0 Å². The topological polar surface area (TPSA) is 26.0 Å². The summed E-state index contributed by atoms with van der Waals surface area (Å²) in [5, 5.41) is 0. The summed E-state index contributed by atoms with van der Waals surface area (Å²) in [5.74, 6) is 1.79. The van der Waals surface area contributed by atoms with E-state index < -0.39 is 0 Å². The zero-order valence-corrected chi connectivity index (χ0v) is 6.97. The van der Waals surface area contributed by atoms with Gasteiger partial charge in [0.15, 0.2) is 0 Å². The van der Waals surface area contributed by atoms with E-state index in [0.717, 1.165) is 18.4 Å². The molecule has 0 aliphatic heterocycles. The normalized spacial score (nSPS) is 23.4. The second-order valence-corrected chi connectivity index (χ2v) is 3.45. The van der Waals surface area contributed by atoms with Crippen LogP contribution >= 0.6 is 0 Å². The zero-order valence-electron chi connectivity index (χ0n) is 6.97. The SMILES string of the molecule is CCC(CN)C1CCCC1. The highest BCUT2D eigenvalue weighted by Crippen LogP contribution is 2.32. The van der Waals surface area contributed by atoms with Gasteiger partial charge < -0.3 is 5.73 Å². The summed E-state index contributed by atoms with van der Waals surface area (Å²) in [7, 11) is 0. The molecular formula is C9H19N. The Morgan fingerprint density at radius 2 is 2.00 bits per heavy atom. The van der Waals surface area contributed by atoms with Gasteiger partial charge in [-0.05, 0) is 18.4 Å². The van der Waals surface area contributed by atoms with E-state index in [9.17, 15) is 0 Å². The third kappa shape index (κ3) is 1.72. The van der Waals surface area contributed by atoms with Gasteiger partial charge in [0.05, 0.1) is 0 Å². The second kappa shape index (κ2) is 3.97. The van der Waals surface area contributed by atoms with E-state index in [1.165, 1.54) is 32.1 Å². The third-order valence-electron chi connectivity index (χ3n) is 2.89. The van der Waals surface area contributed by atoms with E-state index >= 15 is 0 Å². The molecule has 1 heteroatoms. The van der Waals surface area contributed by atoms with Crippen molar-refractivity contribution in [2.75, 3.05) is 6.54 Å². The summed E-state index contributed by atoms with van der Waals surface area (Å²) >= 11 is 0. The van der Waals surface area contributed by atoms with Crippen LogP contribution < -0.4 is 5.73 Å².